The number of thiol groups is 1. The van der Waals surface area contributed by atoms with E-state index in [4.69, 9.17) is 14.3 Å². The first-order valence-electron chi connectivity index (χ1n) is 10.2. The second-order valence-corrected chi connectivity index (χ2v) is 8.78. The van der Waals surface area contributed by atoms with Crippen LogP contribution in [0.5, 0.6) is 5.75 Å². The van der Waals surface area contributed by atoms with Gasteiger partial charge in [0.1, 0.15) is 35.4 Å². The van der Waals surface area contributed by atoms with Gasteiger partial charge in [0.25, 0.3) is 5.91 Å². The molecule has 1 amide bonds. The molecular weight excluding hydrogens is 498 g/mol. The van der Waals surface area contributed by atoms with Crippen molar-refractivity contribution in [2.24, 2.45) is 0 Å². The standard InChI is InChI=1S/C24H18F2N2O5S2/c25-18-8-17(21(34)9-19(18)26)14-3-5-15(6-4-14)33-12-22-27-20(13-35-22)24(31)28(11-23(29)30)10-16-2-1-7-32-16/h1-9,13,34H,10-12H2,(H,29,30). The van der Waals surface area contributed by atoms with Crippen LogP contribution in [0, 0.1) is 11.6 Å². The van der Waals surface area contributed by atoms with Crippen molar-refractivity contribution in [3.8, 4) is 16.9 Å². The van der Waals surface area contributed by atoms with Crippen molar-refractivity contribution in [2.45, 2.75) is 18.0 Å². The number of carboxylic acid groups (broad SMARTS) is 1. The predicted octanol–water partition coefficient (Wildman–Crippen LogP) is 5.28. The number of aliphatic carboxylic acids is 1. The Morgan fingerprint density at radius 1 is 1.14 bits per heavy atom. The molecule has 0 atom stereocenters. The molecule has 35 heavy (non-hydrogen) atoms. The highest BCUT2D eigenvalue weighted by Crippen LogP contribution is 2.30. The molecule has 7 nitrogen and oxygen atoms in total. The van der Waals surface area contributed by atoms with E-state index in [0.29, 0.717) is 32.5 Å². The molecule has 2 aromatic heterocycles. The molecule has 0 saturated heterocycles. The lowest BCUT2D eigenvalue weighted by Gasteiger charge is -2.18. The summed E-state index contributed by atoms with van der Waals surface area (Å²) in [5.74, 6) is -2.66. The third-order valence-electron chi connectivity index (χ3n) is 4.88. The fourth-order valence-corrected chi connectivity index (χ4v) is 4.22. The van der Waals surface area contributed by atoms with Crippen LogP contribution in [-0.4, -0.2) is 33.4 Å². The van der Waals surface area contributed by atoms with E-state index in [-0.39, 0.29) is 18.8 Å². The largest absolute Gasteiger partial charge is 0.486 e. The number of nitrogens with zero attached hydrogens (tertiary/aromatic N) is 2. The topological polar surface area (TPSA) is 92.9 Å². The molecule has 0 radical (unpaired) electrons. The zero-order valence-corrected chi connectivity index (χ0v) is 19.7. The van der Waals surface area contributed by atoms with Crippen LogP contribution in [0.3, 0.4) is 0 Å². The van der Waals surface area contributed by atoms with Crippen LogP contribution < -0.4 is 4.74 Å². The molecule has 0 aliphatic rings. The molecule has 2 heterocycles. The van der Waals surface area contributed by atoms with Gasteiger partial charge in [-0.3, -0.25) is 9.59 Å². The molecule has 11 heteroatoms. The van der Waals surface area contributed by atoms with Crippen LogP contribution in [0.25, 0.3) is 11.1 Å². The number of hydrogen-bond acceptors (Lipinski definition) is 7. The van der Waals surface area contributed by atoms with Gasteiger partial charge in [0.2, 0.25) is 0 Å². The average Bonchev–Trinajstić information content (AvgIpc) is 3.52. The maximum atomic E-state index is 13.6. The minimum Gasteiger partial charge on any atom is -0.486 e. The summed E-state index contributed by atoms with van der Waals surface area (Å²) in [6, 6.07) is 12.1. The molecule has 0 aliphatic carbocycles. The van der Waals surface area contributed by atoms with Gasteiger partial charge in [-0.2, -0.15) is 0 Å². The second kappa shape index (κ2) is 10.7. The summed E-state index contributed by atoms with van der Waals surface area (Å²) in [6.45, 7) is -0.418. The minimum absolute atomic E-state index is 0.000203. The monoisotopic (exact) mass is 516 g/mol. The van der Waals surface area contributed by atoms with Crippen LogP contribution in [-0.2, 0) is 17.9 Å². The lowest BCUT2D eigenvalue weighted by molar-refractivity contribution is -0.137. The average molecular weight is 517 g/mol. The van der Waals surface area contributed by atoms with Gasteiger partial charge in [-0.1, -0.05) is 12.1 Å². The van der Waals surface area contributed by atoms with E-state index >= 15 is 0 Å². The molecule has 0 unspecified atom stereocenters. The molecule has 4 aromatic rings. The van der Waals surface area contributed by atoms with Crippen LogP contribution in [0.2, 0.25) is 0 Å². The molecule has 0 spiro atoms. The highest BCUT2D eigenvalue weighted by atomic mass is 32.1. The normalized spacial score (nSPS) is 10.8. The van der Waals surface area contributed by atoms with Crippen molar-refractivity contribution in [3.05, 3.63) is 88.3 Å². The van der Waals surface area contributed by atoms with Gasteiger partial charge in [-0.15, -0.1) is 24.0 Å². The number of carboxylic acids is 1. The van der Waals surface area contributed by atoms with Crippen molar-refractivity contribution in [2.75, 3.05) is 6.54 Å². The lowest BCUT2D eigenvalue weighted by atomic mass is 10.1. The zero-order chi connectivity index (χ0) is 24.9. The quantitative estimate of drug-likeness (QED) is 0.294. The summed E-state index contributed by atoms with van der Waals surface area (Å²) in [7, 11) is 0. The fraction of sp³-hybridized carbons (Fsp3) is 0.125. The number of hydrogen-bond donors (Lipinski definition) is 2. The van der Waals surface area contributed by atoms with Gasteiger partial charge in [-0.25, -0.2) is 13.8 Å². The number of carbonyl (C=O) groups excluding carboxylic acids is 1. The predicted molar refractivity (Wildman–Crippen MR) is 127 cm³/mol. The van der Waals surface area contributed by atoms with E-state index in [1.807, 2.05) is 0 Å². The Morgan fingerprint density at radius 3 is 2.57 bits per heavy atom. The number of aromatic nitrogens is 1. The Morgan fingerprint density at radius 2 is 1.89 bits per heavy atom. The summed E-state index contributed by atoms with van der Waals surface area (Å²) in [4.78, 5) is 29.7. The number of thiazole rings is 1. The third-order valence-corrected chi connectivity index (χ3v) is 6.07. The number of benzene rings is 2. The Balaban J connectivity index is 1.40. The zero-order valence-electron chi connectivity index (χ0n) is 18.0. The first kappa shape index (κ1) is 24.4. The van der Waals surface area contributed by atoms with E-state index in [0.717, 1.165) is 17.0 Å². The maximum Gasteiger partial charge on any atom is 0.323 e. The van der Waals surface area contributed by atoms with Crippen molar-refractivity contribution in [1.29, 1.82) is 0 Å². The highest BCUT2D eigenvalue weighted by molar-refractivity contribution is 7.80. The smallest absolute Gasteiger partial charge is 0.323 e. The van der Waals surface area contributed by atoms with Crippen LogP contribution in [0.1, 0.15) is 21.3 Å². The van der Waals surface area contributed by atoms with Gasteiger partial charge in [0.05, 0.1) is 12.8 Å². The van der Waals surface area contributed by atoms with Crippen LogP contribution in [0.4, 0.5) is 8.78 Å². The van der Waals surface area contributed by atoms with Crippen molar-refractivity contribution >= 4 is 35.8 Å². The van der Waals surface area contributed by atoms with E-state index < -0.39 is 30.1 Å². The van der Waals surface area contributed by atoms with Gasteiger partial charge in [0.15, 0.2) is 11.6 Å². The molecule has 4 rings (SSSR count). The van der Waals surface area contributed by atoms with Crippen LogP contribution in [0.15, 0.2) is 69.5 Å². The van der Waals surface area contributed by atoms with E-state index in [2.05, 4.69) is 17.6 Å². The summed E-state index contributed by atoms with van der Waals surface area (Å²) in [5.41, 5.74) is 1.19. The fourth-order valence-electron chi connectivity index (χ4n) is 3.23. The number of carbonyl (C=O) groups is 2. The summed E-state index contributed by atoms with van der Waals surface area (Å²) in [5, 5.41) is 11.2. The Kier molecular flexibility index (Phi) is 7.47. The molecule has 2 aromatic carbocycles. The lowest BCUT2D eigenvalue weighted by Crippen LogP contribution is -2.35. The van der Waals surface area contributed by atoms with E-state index in [9.17, 15) is 18.4 Å². The first-order valence-corrected chi connectivity index (χ1v) is 11.5. The van der Waals surface area contributed by atoms with Gasteiger partial charge in [-0.05, 0) is 47.5 Å². The van der Waals surface area contributed by atoms with Crippen LogP contribution >= 0.6 is 24.0 Å². The number of ether oxygens (including phenoxy) is 1. The van der Waals surface area contributed by atoms with Gasteiger partial charge in [0, 0.05) is 10.3 Å². The van der Waals surface area contributed by atoms with Crippen molar-refractivity contribution in [3.63, 3.8) is 0 Å². The number of halogens is 2. The molecule has 0 fully saturated rings. The Labute approximate surface area is 208 Å². The summed E-state index contributed by atoms with van der Waals surface area (Å²) >= 11 is 5.41. The molecule has 0 bridgehead atoms. The van der Waals surface area contributed by atoms with E-state index in [1.54, 1.807) is 41.8 Å². The minimum atomic E-state index is -1.15. The molecule has 180 valence electrons. The SMILES string of the molecule is O=C(O)CN(Cc1ccco1)C(=O)c1csc(COc2ccc(-c3cc(F)c(F)cc3S)cc2)n1. The van der Waals surface area contributed by atoms with Gasteiger partial charge >= 0.3 is 5.97 Å². The van der Waals surface area contributed by atoms with E-state index in [1.165, 1.54) is 17.6 Å². The molecular formula is C24H18F2N2O5S2. The number of amides is 1. The first-order chi connectivity index (χ1) is 16.8. The second-order valence-electron chi connectivity index (χ2n) is 7.36. The third kappa shape index (κ3) is 6.06. The van der Waals surface area contributed by atoms with Gasteiger partial charge < -0.3 is 19.2 Å². The maximum absolute atomic E-state index is 13.6. The van der Waals surface area contributed by atoms with Crippen molar-refractivity contribution < 1.29 is 32.6 Å². The number of rotatable bonds is 9. The Hall–Kier alpha value is -3.70. The summed E-state index contributed by atoms with van der Waals surface area (Å²) in [6.07, 6.45) is 1.44. The molecule has 0 aliphatic heterocycles. The molecule has 1 N–H and O–H groups in total. The Bertz CT molecular complexity index is 1340. The molecule has 0 saturated carbocycles. The summed E-state index contributed by atoms with van der Waals surface area (Å²) < 4.78 is 37.9. The number of furan rings is 1. The highest BCUT2D eigenvalue weighted by Gasteiger charge is 2.22. The van der Waals surface area contributed by atoms with Crippen molar-refractivity contribution in [1.82, 2.24) is 9.88 Å².